The average molecular weight is 311 g/mol. The maximum atomic E-state index is 2.56. The highest BCUT2D eigenvalue weighted by atomic mass is 14.4. The maximum Gasteiger partial charge on any atom is -0.0295 e. The van der Waals surface area contributed by atoms with Gasteiger partial charge in [0.2, 0.25) is 0 Å². The van der Waals surface area contributed by atoms with E-state index in [2.05, 4.69) is 62.3 Å². The minimum Gasteiger partial charge on any atom is -0.0654 e. The topological polar surface area (TPSA) is 0 Å². The Morgan fingerprint density at radius 2 is 1.45 bits per heavy atom. The predicted octanol–water partition coefficient (Wildman–Crippen LogP) is 8.11. The summed E-state index contributed by atoms with van der Waals surface area (Å²) in [5.41, 5.74) is 0.985. The van der Waals surface area contributed by atoms with Crippen LogP contribution < -0.4 is 0 Å². The highest BCUT2D eigenvalue weighted by Gasteiger charge is 2.37. The van der Waals surface area contributed by atoms with Gasteiger partial charge in [-0.2, -0.15) is 0 Å². The van der Waals surface area contributed by atoms with E-state index in [0.717, 1.165) is 17.8 Å². The fourth-order valence-corrected chi connectivity index (χ4v) is 4.40. The first-order valence-corrected chi connectivity index (χ1v) is 10.1. The van der Waals surface area contributed by atoms with Crippen molar-refractivity contribution in [3.05, 3.63) is 0 Å². The third-order valence-electron chi connectivity index (χ3n) is 6.62. The second kappa shape index (κ2) is 9.99. The van der Waals surface area contributed by atoms with Crippen molar-refractivity contribution in [2.24, 2.45) is 28.6 Å². The summed E-state index contributed by atoms with van der Waals surface area (Å²) < 4.78 is 0. The fourth-order valence-electron chi connectivity index (χ4n) is 4.40. The molecule has 134 valence electrons. The van der Waals surface area contributed by atoms with Crippen molar-refractivity contribution in [3.8, 4) is 0 Å². The molecule has 0 fully saturated rings. The molecule has 0 aromatic heterocycles. The van der Waals surface area contributed by atoms with Gasteiger partial charge in [0.25, 0.3) is 0 Å². The Balaban J connectivity index is 4.62. The predicted molar refractivity (Wildman–Crippen MR) is 103 cm³/mol. The molecule has 0 aliphatic heterocycles. The summed E-state index contributed by atoms with van der Waals surface area (Å²) in [7, 11) is 0. The standard InChI is InChI=1S/C22H46/c1-10-16-21(7,8)17-22(9,12-3)20(6)19(5)15-13-14-18(4)11-2/h18-20H,10-17H2,1-9H3. The zero-order chi connectivity index (χ0) is 17.4. The first kappa shape index (κ1) is 22.0. The Labute approximate surface area is 142 Å². The maximum absolute atomic E-state index is 2.56. The van der Waals surface area contributed by atoms with Crippen LogP contribution in [0.25, 0.3) is 0 Å². The van der Waals surface area contributed by atoms with Crippen LogP contribution in [0.4, 0.5) is 0 Å². The van der Waals surface area contributed by atoms with Crippen molar-refractivity contribution in [1.82, 2.24) is 0 Å². The second-order valence-electron chi connectivity index (χ2n) is 9.31. The van der Waals surface area contributed by atoms with E-state index in [9.17, 15) is 0 Å². The van der Waals surface area contributed by atoms with Crippen LogP contribution in [0.3, 0.4) is 0 Å². The molecule has 0 amide bonds. The molecule has 0 heteroatoms. The van der Waals surface area contributed by atoms with E-state index in [4.69, 9.17) is 0 Å². The van der Waals surface area contributed by atoms with Crippen LogP contribution in [-0.4, -0.2) is 0 Å². The third-order valence-corrected chi connectivity index (χ3v) is 6.62. The van der Waals surface area contributed by atoms with Gasteiger partial charge in [-0.1, -0.05) is 101 Å². The summed E-state index contributed by atoms with van der Waals surface area (Å²) in [6.07, 6.45) is 10.9. The molecule has 0 aliphatic carbocycles. The van der Waals surface area contributed by atoms with E-state index in [1.165, 1.54) is 51.4 Å². The fraction of sp³-hybridized carbons (Fsp3) is 1.00. The van der Waals surface area contributed by atoms with Crippen LogP contribution in [0.1, 0.15) is 114 Å². The summed E-state index contributed by atoms with van der Waals surface area (Å²) in [5, 5.41) is 0. The third kappa shape index (κ3) is 7.51. The summed E-state index contributed by atoms with van der Waals surface area (Å²) in [6.45, 7) is 22.0. The van der Waals surface area contributed by atoms with Crippen LogP contribution in [-0.2, 0) is 0 Å². The average Bonchev–Trinajstić information content (AvgIpc) is 2.45. The van der Waals surface area contributed by atoms with Gasteiger partial charge in [-0.25, -0.2) is 0 Å². The van der Waals surface area contributed by atoms with Gasteiger partial charge in [0.15, 0.2) is 0 Å². The monoisotopic (exact) mass is 310 g/mol. The second-order valence-corrected chi connectivity index (χ2v) is 9.31. The van der Waals surface area contributed by atoms with Crippen molar-refractivity contribution in [2.45, 2.75) is 114 Å². The van der Waals surface area contributed by atoms with Crippen molar-refractivity contribution < 1.29 is 0 Å². The van der Waals surface area contributed by atoms with E-state index < -0.39 is 0 Å². The van der Waals surface area contributed by atoms with Gasteiger partial charge in [0.05, 0.1) is 0 Å². The largest absolute Gasteiger partial charge is 0.0654 e. The lowest BCUT2D eigenvalue weighted by molar-refractivity contribution is 0.0642. The first-order chi connectivity index (χ1) is 10.1. The molecule has 0 spiro atoms. The van der Waals surface area contributed by atoms with E-state index in [1.54, 1.807) is 0 Å². The van der Waals surface area contributed by atoms with E-state index in [-0.39, 0.29) is 0 Å². The molecule has 0 aromatic rings. The van der Waals surface area contributed by atoms with E-state index in [0.29, 0.717) is 10.8 Å². The van der Waals surface area contributed by atoms with Gasteiger partial charge in [0.1, 0.15) is 0 Å². The van der Waals surface area contributed by atoms with Crippen LogP contribution >= 0.6 is 0 Å². The van der Waals surface area contributed by atoms with Crippen LogP contribution in [0, 0.1) is 28.6 Å². The molecule has 0 rings (SSSR count). The van der Waals surface area contributed by atoms with Gasteiger partial charge in [-0.05, 0) is 41.4 Å². The van der Waals surface area contributed by atoms with Crippen molar-refractivity contribution in [1.29, 1.82) is 0 Å². The lowest BCUT2D eigenvalue weighted by Gasteiger charge is -2.44. The summed E-state index contributed by atoms with van der Waals surface area (Å²) in [5.74, 6) is 2.58. The smallest absolute Gasteiger partial charge is 0.0295 e. The van der Waals surface area contributed by atoms with Gasteiger partial charge >= 0.3 is 0 Å². The zero-order valence-corrected chi connectivity index (χ0v) is 17.4. The molecule has 4 unspecified atom stereocenters. The molecule has 0 bridgehead atoms. The Morgan fingerprint density at radius 1 is 0.864 bits per heavy atom. The Morgan fingerprint density at radius 3 is 1.91 bits per heavy atom. The minimum absolute atomic E-state index is 0.490. The molecule has 0 saturated carbocycles. The molecule has 0 N–H and O–H groups in total. The SMILES string of the molecule is CCCC(C)(C)CC(C)(CC)C(C)C(C)CCCC(C)CC. The van der Waals surface area contributed by atoms with Crippen molar-refractivity contribution in [3.63, 3.8) is 0 Å². The molecular weight excluding hydrogens is 264 g/mol. The highest BCUT2D eigenvalue weighted by molar-refractivity contribution is 4.87. The quantitative estimate of drug-likeness (QED) is 0.341. The Hall–Kier alpha value is 0. The Bertz CT molecular complexity index is 278. The number of rotatable bonds is 12. The molecule has 0 aromatic carbocycles. The molecule has 4 atom stereocenters. The summed E-state index contributed by atoms with van der Waals surface area (Å²) >= 11 is 0. The molecule has 0 aliphatic rings. The molecule has 0 heterocycles. The Kier molecular flexibility index (Phi) is 9.99. The normalized spacial score (nSPS) is 19.5. The summed E-state index contributed by atoms with van der Waals surface area (Å²) in [6, 6.07) is 0. The molecule has 0 radical (unpaired) electrons. The molecular formula is C22H46. The van der Waals surface area contributed by atoms with Crippen molar-refractivity contribution in [2.75, 3.05) is 0 Å². The highest BCUT2D eigenvalue weighted by Crippen LogP contribution is 2.47. The van der Waals surface area contributed by atoms with E-state index >= 15 is 0 Å². The molecule has 0 saturated heterocycles. The molecule has 22 heavy (non-hydrogen) atoms. The minimum atomic E-state index is 0.490. The van der Waals surface area contributed by atoms with Crippen LogP contribution in [0.5, 0.6) is 0 Å². The van der Waals surface area contributed by atoms with Gasteiger partial charge in [0, 0.05) is 0 Å². The number of hydrogen-bond acceptors (Lipinski definition) is 0. The van der Waals surface area contributed by atoms with Gasteiger partial charge < -0.3 is 0 Å². The van der Waals surface area contributed by atoms with Crippen LogP contribution in [0.15, 0.2) is 0 Å². The van der Waals surface area contributed by atoms with Crippen molar-refractivity contribution >= 4 is 0 Å². The lowest BCUT2D eigenvalue weighted by Crippen LogP contribution is -2.34. The lowest BCUT2D eigenvalue weighted by atomic mass is 9.61. The summed E-state index contributed by atoms with van der Waals surface area (Å²) in [4.78, 5) is 0. The number of hydrogen-bond donors (Lipinski definition) is 0. The molecule has 0 nitrogen and oxygen atoms in total. The van der Waals surface area contributed by atoms with Gasteiger partial charge in [-0.15, -0.1) is 0 Å². The van der Waals surface area contributed by atoms with Crippen LogP contribution in [0.2, 0.25) is 0 Å². The first-order valence-electron chi connectivity index (χ1n) is 10.1. The van der Waals surface area contributed by atoms with Gasteiger partial charge in [-0.3, -0.25) is 0 Å². The van der Waals surface area contributed by atoms with E-state index in [1.807, 2.05) is 0 Å². The zero-order valence-electron chi connectivity index (χ0n) is 17.4.